The molecule has 0 aliphatic rings. The maximum Gasteiger partial charge on any atom is 0.330 e. The minimum atomic E-state index is -0.468. The highest BCUT2D eigenvalue weighted by molar-refractivity contribution is 5.69. The molecule has 9 heteroatoms. The summed E-state index contributed by atoms with van der Waals surface area (Å²) >= 11 is 0. The molecule has 0 amide bonds. The van der Waals surface area contributed by atoms with Gasteiger partial charge in [0, 0.05) is 24.6 Å². The van der Waals surface area contributed by atoms with Crippen LogP contribution in [0.15, 0.2) is 15.8 Å². The zero-order valence-corrected chi connectivity index (χ0v) is 26.7. The van der Waals surface area contributed by atoms with E-state index in [4.69, 9.17) is 9.47 Å². The minimum Gasteiger partial charge on any atom is -1.00 e. The lowest BCUT2D eigenvalue weighted by molar-refractivity contribution is -0.891. The van der Waals surface area contributed by atoms with Gasteiger partial charge in [-0.05, 0) is 13.3 Å². The first kappa shape index (κ1) is 36.8. The van der Waals surface area contributed by atoms with E-state index in [0.29, 0.717) is 25.2 Å². The number of aromatic amines is 1. The van der Waals surface area contributed by atoms with Crippen molar-refractivity contribution in [1.29, 1.82) is 0 Å². The van der Waals surface area contributed by atoms with Crippen LogP contribution in [-0.4, -0.2) is 60.4 Å². The van der Waals surface area contributed by atoms with Crippen LogP contribution in [0.2, 0.25) is 0 Å². The number of halogens is 1. The summed E-state index contributed by atoms with van der Waals surface area (Å²) in [6.45, 7) is 6.59. The molecule has 0 aliphatic heterocycles. The number of aromatic nitrogens is 2. The van der Waals surface area contributed by atoms with Crippen LogP contribution >= 0.6 is 0 Å². The topological polar surface area (TPSA) is 90.4 Å². The number of aryl methyl sites for hydroxylation is 1. The van der Waals surface area contributed by atoms with Crippen molar-refractivity contribution in [2.45, 2.75) is 117 Å². The largest absolute Gasteiger partial charge is 1.00 e. The Morgan fingerprint density at radius 1 is 0.842 bits per heavy atom. The van der Waals surface area contributed by atoms with Gasteiger partial charge in [0.2, 0.25) is 0 Å². The van der Waals surface area contributed by atoms with E-state index in [2.05, 4.69) is 26.0 Å². The molecule has 0 saturated heterocycles. The molecule has 0 aliphatic carbocycles. The molecular formula is C29H54IN3O5. The van der Waals surface area contributed by atoms with Gasteiger partial charge in [0.1, 0.15) is 13.3 Å². The van der Waals surface area contributed by atoms with Crippen molar-refractivity contribution in [2.24, 2.45) is 0 Å². The summed E-state index contributed by atoms with van der Waals surface area (Å²) < 4.78 is 13.1. The van der Waals surface area contributed by atoms with E-state index in [-0.39, 0.29) is 42.2 Å². The van der Waals surface area contributed by atoms with Gasteiger partial charge in [0.15, 0.2) is 0 Å². The normalized spacial score (nSPS) is 11.4. The number of quaternary nitrogens is 1. The summed E-state index contributed by atoms with van der Waals surface area (Å²) in [7, 11) is 4.21. The highest BCUT2D eigenvalue weighted by atomic mass is 127. The quantitative estimate of drug-likeness (QED) is 0.0850. The van der Waals surface area contributed by atoms with Gasteiger partial charge < -0.3 is 37.9 Å². The first-order chi connectivity index (χ1) is 17.7. The lowest BCUT2D eigenvalue weighted by Crippen LogP contribution is -3.00. The molecule has 0 atom stereocenters. The number of carbonyl (C=O) groups excluding carboxylic acids is 1. The number of carbonyl (C=O) groups is 1. The molecule has 1 rings (SSSR count). The number of hydrogen-bond donors (Lipinski definition) is 1. The second kappa shape index (κ2) is 22.6. The molecule has 0 fully saturated rings. The lowest BCUT2D eigenvalue weighted by atomic mass is 10.0. The van der Waals surface area contributed by atoms with Crippen molar-refractivity contribution in [1.82, 2.24) is 9.55 Å². The van der Waals surface area contributed by atoms with Crippen LogP contribution in [0.5, 0.6) is 0 Å². The lowest BCUT2D eigenvalue weighted by Gasteiger charge is -2.29. The van der Waals surface area contributed by atoms with E-state index in [0.717, 1.165) is 36.8 Å². The van der Waals surface area contributed by atoms with Crippen molar-refractivity contribution < 1.29 is 42.7 Å². The van der Waals surface area contributed by atoms with Crippen molar-refractivity contribution >= 4 is 5.97 Å². The fourth-order valence-corrected chi connectivity index (χ4v) is 4.34. The van der Waals surface area contributed by atoms with Crippen molar-refractivity contribution in [3.63, 3.8) is 0 Å². The van der Waals surface area contributed by atoms with Gasteiger partial charge in [0.25, 0.3) is 5.56 Å². The van der Waals surface area contributed by atoms with E-state index in [9.17, 15) is 14.4 Å². The first-order valence-corrected chi connectivity index (χ1v) is 14.6. The molecule has 0 saturated carbocycles. The van der Waals surface area contributed by atoms with Crippen molar-refractivity contribution in [3.8, 4) is 0 Å². The molecule has 1 aromatic rings. The van der Waals surface area contributed by atoms with E-state index < -0.39 is 5.69 Å². The highest BCUT2D eigenvalue weighted by Crippen LogP contribution is 2.13. The summed E-state index contributed by atoms with van der Waals surface area (Å²) in [5.74, 6) is -0.0849. The molecule has 1 heterocycles. The third kappa shape index (κ3) is 19.0. The molecule has 1 N–H and O–H groups in total. The zero-order valence-electron chi connectivity index (χ0n) is 24.5. The fourth-order valence-electron chi connectivity index (χ4n) is 4.34. The number of ether oxygens (including phenoxy) is 2. The summed E-state index contributed by atoms with van der Waals surface area (Å²) in [5, 5.41) is 0. The molecule has 222 valence electrons. The molecule has 0 spiro atoms. The average Bonchev–Trinajstić information content (AvgIpc) is 2.85. The minimum absolute atomic E-state index is 0. The molecule has 0 radical (unpaired) electrons. The van der Waals surface area contributed by atoms with E-state index >= 15 is 0 Å². The number of esters is 1. The molecule has 1 aromatic heterocycles. The number of unbranched alkanes of at least 4 members (excludes halogenated alkanes) is 12. The SMILES string of the molecule is CCCCCCCCCCCCCCCC(=O)OCCC[N+](C)(C)CCOCn1cc(C)c(=O)[nH]c1=O.[I-]. The van der Waals surface area contributed by atoms with Crippen LogP contribution in [0.1, 0.15) is 109 Å². The van der Waals surface area contributed by atoms with Gasteiger partial charge in [-0.2, -0.15) is 0 Å². The van der Waals surface area contributed by atoms with Gasteiger partial charge in [-0.15, -0.1) is 0 Å². The second-order valence-electron chi connectivity index (χ2n) is 11.0. The first-order valence-electron chi connectivity index (χ1n) is 14.6. The van der Waals surface area contributed by atoms with Crippen LogP contribution in [-0.2, 0) is 21.0 Å². The van der Waals surface area contributed by atoms with Crippen LogP contribution in [0, 0.1) is 6.92 Å². The Labute approximate surface area is 247 Å². The highest BCUT2D eigenvalue weighted by Gasteiger charge is 2.15. The Morgan fingerprint density at radius 3 is 1.97 bits per heavy atom. The Morgan fingerprint density at radius 2 is 1.39 bits per heavy atom. The van der Waals surface area contributed by atoms with Gasteiger partial charge in [0.05, 0.1) is 33.9 Å². The van der Waals surface area contributed by atoms with Gasteiger partial charge in [-0.25, -0.2) is 4.79 Å². The van der Waals surface area contributed by atoms with E-state index in [1.807, 2.05) is 0 Å². The van der Waals surface area contributed by atoms with Crippen LogP contribution < -0.4 is 35.2 Å². The number of nitrogens with one attached hydrogen (secondary N) is 1. The third-order valence-electron chi connectivity index (χ3n) is 6.92. The maximum absolute atomic E-state index is 12.0. The Hall–Kier alpha value is -1.20. The molecule has 8 nitrogen and oxygen atoms in total. The molecule has 0 aromatic carbocycles. The monoisotopic (exact) mass is 651 g/mol. The number of likely N-dealkylation sites (N-methyl/N-ethyl adjacent to an activating group) is 1. The zero-order chi connectivity index (χ0) is 27.4. The van der Waals surface area contributed by atoms with Crippen LogP contribution in [0.3, 0.4) is 0 Å². The van der Waals surface area contributed by atoms with Crippen LogP contribution in [0.25, 0.3) is 0 Å². The third-order valence-corrected chi connectivity index (χ3v) is 6.92. The summed E-state index contributed by atoms with van der Waals surface area (Å²) in [6.07, 6.45) is 19.7. The predicted octanol–water partition coefficient (Wildman–Crippen LogP) is 2.31. The van der Waals surface area contributed by atoms with Crippen molar-refractivity contribution in [2.75, 3.05) is 40.4 Å². The number of H-pyrrole nitrogens is 1. The number of nitrogens with zero attached hydrogens (tertiary/aromatic N) is 2. The second-order valence-corrected chi connectivity index (χ2v) is 11.0. The summed E-state index contributed by atoms with van der Waals surface area (Å²) in [4.78, 5) is 37.5. The fraction of sp³-hybridized carbons (Fsp3) is 0.828. The standard InChI is InChI=1S/C29H53N3O5.HI/c1-5-6-7-8-9-10-11-12-13-14-15-16-17-19-27(33)37-22-18-20-32(3,4)21-23-36-25-31-24-26(2)28(34)30-29(31)35;/h24H,5-23,25H2,1-4H3;1H. The Balaban J connectivity index is 0.0000137. The molecular weight excluding hydrogens is 597 g/mol. The molecule has 0 bridgehead atoms. The Bertz CT molecular complexity index is 853. The Kier molecular flexibility index (Phi) is 21.9. The molecule has 38 heavy (non-hydrogen) atoms. The van der Waals surface area contributed by atoms with Gasteiger partial charge >= 0.3 is 11.7 Å². The van der Waals surface area contributed by atoms with Gasteiger partial charge in [-0.1, -0.05) is 84.0 Å². The average molecular weight is 652 g/mol. The summed E-state index contributed by atoms with van der Waals surface area (Å²) in [6, 6.07) is 0. The number of hydrogen-bond acceptors (Lipinski definition) is 5. The van der Waals surface area contributed by atoms with E-state index in [1.165, 1.54) is 81.4 Å². The summed E-state index contributed by atoms with van der Waals surface area (Å²) in [5.41, 5.74) is -0.364. The van der Waals surface area contributed by atoms with Crippen molar-refractivity contribution in [3.05, 3.63) is 32.6 Å². The van der Waals surface area contributed by atoms with E-state index in [1.54, 1.807) is 6.92 Å². The molecule has 0 unspecified atom stereocenters. The smallest absolute Gasteiger partial charge is 0.330 e. The van der Waals surface area contributed by atoms with Crippen LogP contribution in [0.4, 0.5) is 0 Å². The predicted molar refractivity (Wildman–Crippen MR) is 150 cm³/mol. The maximum atomic E-state index is 12.0. The van der Waals surface area contributed by atoms with Gasteiger partial charge in [-0.3, -0.25) is 19.1 Å². The number of rotatable bonds is 23.